The summed E-state index contributed by atoms with van der Waals surface area (Å²) in [6.45, 7) is 2.34. The highest BCUT2D eigenvalue weighted by atomic mass is 32.2. The van der Waals surface area contributed by atoms with E-state index in [0.717, 1.165) is 28.3 Å². The zero-order valence-electron chi connectivity index (χ0n) is 20.9. The van der Waals surface area contributed by atoms with Crippen LogP contribution in [0.5, 0.6) is 5.75 Å². The number of benzene rings is 2. The van der Waals surface area contributed by atoms with E-state index in [2.05, 4.69) is 15.6 Å². The van der Waals surface area contributed by atoms with Crippen LogP contribution in [0.15, 0.2) is 64.5 Å². The molecule has 0 saturated heterocycles. The molecular formula is C28H30N4O4S. The largest absolute Gasteiger partial charge is 0.492 e. The molecule has 0 unspecified atom stereocenters. The Kier molecular flexibility index (Phi) is 7.34. The lowest BCUT2D eigenvalue weighted by molar-refractivity contribution is 0.0867. The number of nitrogens with one attached hydrogen (secondary N) is 2. The monoisotopic (exact) mass is 518 g/mol. The van der Waals surface area contributed by atoms with Gasteiger partial charge in [0.1, 0.15) is 11.6 Å². The lowest BCUT2D eigenvalue weighted by Crippen LogP contribution is -2.38. The third-order valence-electron chi connectivity index (χ3n) is 6.69. The number of amides is 2. The fourth-order valence-corrected chi connectivity index (χ4v) is 5.75. The lowest BCUT2D eigenvalue weighted by Gasteiger charge is -2.26. The van der Waals surface area contributed by atoms with Gasteiger partial charge < -0.3 is 25.4 Å². The van der Waals surface area contributed by atoms with Crippen LogP contribution in [0.25, 0.3) is 0 Å². The second-order valence-corrected chi connectivity index (χ2v) is 10.3. The highest BCUT2D eigenvalue weighted by Gasteiger charge is 2.26. The third kappa shape index (κ3) is 5.42. The van der Waals surface area contributed by atoms with Crippen molar-refractivity contribution in [3.8, 4) is 5.75 Å². The molecule has 9 heteroatoms. The fraction of sp³-hybridized carbons (Fsp3) is 0.321. The number of anilines is 3. The van der Waals surface area contributed by atoms with Crippen LogP contribution in [-0.2, 0) is 0 Å². The Morgan fingerprint density at radius 3 is 2.70 bits per heavy atom. The zero-order valence-corrected chi connectivity index (χ0v) is 21.7. The van der Waals surface area contributed by atoms with E-state index in [1.807, 2.05) is 43.3 Å². The van der Waals surface area contributed by atoms with Crippen LogP contribution in [-0.4, -0.2) is 47.7 Å². The summed E-state index contributed by atoms with van der Waals surface area (Å²) in [5.41, 5.74) is 2.61. The van der Waals surface area contributed by atoms with Crippen LogP contribution in [0.4, 0.5) is 17.2 Å². The Bertz CT molecular complexity index is 1320. The number of pyridine rings is 1. The number of rotatable bonds is 6. The predicted molar refractivity (Wildman–Crippen MR) is 144 cm³/mol. The van der Waals surface area contributed by atoms with Crippen LogP contribution in [0.3, 0.4) is 0 Å². The summed E-state index contributed by atoms with van der Waals surface area (Å²) < 4.78 is 5.85. The summed E-state index contributed by atoms with van der Waals surface area (Å²) in [5, 5.41) is 16.1. The van der Waals surface area contributed by atoms with Gasteiger partial charge in [-0.05, 0) is 69.0 Å². The molecule has 37 heavy (non-hydrogen) atoms. The van der Waals surface area contributed by atoms with Gasteiger partial charge in [0.15, 0.2) is 0 Å². The number of aliphatic hydroxyl groups excluding tert-OH is 1. The minimum atomic E-state index is -0.265. The molecule has 0 atom stereocenters. The molecule has 3 aromatic rings. The van der Waals surface area contributed by atoms with Crippen LogP contribution < -0.4 is 20.3 Å². The minimum Gasteiger partial charge on any atom is -0.492 e. The van der Waals surface area contributed by atoms with E-state index in [4.69, 9.17) is 4.74 Å². The van der Waals surface area contributed by atoms with E-state index in [1.54, 1.807) is 30.3 Å². The van der Waals surface area contributed by atoms with E-state index in [0.29, 0.717) is 47.8 Å². The first-order valence-corrected chi connectivity index (χ1v) is 13.3. The predicted octanol–water partition coefficient (Wildman–Crippen LogP) is 5.00. The summed E-state index contributed by atoms with van der Waals surface area (Å²) in [4.78, 5) is 33.8. The molecular weight excluding hydrogens is 488 g/mol. The Hall–Kier alpha value is -3.56. The number of fused-ring (bicyclic) bond motifs is 2. The number of hydrogen-bond acceptors (Lipinski definition) is 7. The van der Waals surface area contributed by atoms with Crippen molar-refractivity contribution in [3.05, 3.63) is 65.9 Å². The zero-order chi connectivity index (χ0) is 25.9. The average Bonchev–Trinajstić information content (AvgIpc) is 3.00. The standard InChI is InChI=1S/C28H30N4O4S/c1-3-36-23-14-17(27(34)30-18-9-11-19(33)12-10-18)8-13-21(23)31-26-15-25-22(16-29-26)32(2)28(35)20-6-4-5-7-24(20)37-25/h4-8,13-16,18-19,33H,3,9-12H2,1-2H3,(H,29,31)(H,30,34)/t18-,19-. The molecule has 5 rings (SSSR count). The van der Waals surface area contributed by atoms with E-state index in [9.17, 15) is 14.7 Å². The van der Waals surface area contributed by atoms with Crippen LogP contribution in [0.1, 0.15) is 53.3 Å². The fourth-order valence-electron chi connectivity index (χ4n) is 4.64. The van der Waals surface area contributed by atoms with Crippen molar-refractivity contribution in [2.24, 2.45) is 0 Å². The normalized spacial score (nSPS) is 18.9. The van der Waals surface area contributed by atoms with Gasteiger partial charge in [0.05, 0.1) is 35.8 Å². The molecule has 1 aromatic heterocycles. The van der Waals surface area contributed by atoms with Gasteiger partial charge in [-0.25, -0.2) is 4.98 Å². The number of nitrogens with zero attached hydrogens (tertiary/aromatic N) is 2. The van der Waals surface area contributed by atoms with Gasteiger partial charge in [-0.1, -0.05) is 23.9 Å². The summed E-state index contributed by atoms with van der Waals surface area (Å²) in [6, 6.07) is 14.9. The van der Waals surface area contributed by atoms with Gasteiger partial charge in [0.2, 0.25) is 0 Å². The number of aromatic nitrogens is 1. The van der Waals surface area contributed by atoms with Crippen molar-refractivity contribution in [2.45, 2.75) is 54.5 Å². The Balaban J connectivity index is 1.37. The second-order valence-electron chi connectivity index (χ2n) is 9.25. The molecule has 192 valence electrons. The van der Waals surface area contributed by atoms with Gasteiger partial charge in [0, 0.05) is 28.4 Å². The summed E-state index contributed by atoms with van der Waals surface area (Å²) in [5.74, 6) is 0.933. The smallest absolute Gasteiger partial charge is 0.259 e. The van der Waals surface area contributed by atoms with Crippen molar-refractivity contribution < 1.29 is 19.4 Å². The molecule has 1 fully saturated rings. The highest BCUT2D eigenvalue weighted by Crippen LogP contribution is 2.42. The molecule has 2 heterocycles. The van der Waals surface area contributed by atoms with Gasteiger partial charge in [-0.3, -0.25) is 9.59 Å². The molecule has 1 aliphatic heterocycles. The number of carbonyl (C=O) groups excluding carboxylic acids is 2. The minimum absolute atomic E-state index is 0.0683. The lowest BCUT2D eigenvalue weighted by atomic mass is 9.93. The van der Waals surface area contributed by atoms with E-state index >= 15 is 0 Å². The number of hydrogen-bond donors (Lipinski definition) is 3. The quantitative estimate of drug-likeness (QED) is 0.422. The molecule has 0 spiro atoms. The van der Waals surface area contributed by atoms with E-state index in [-0.39, 0.29) is 24.0 Å². The van der Waals surface area contributed by atoms with Crippen molar-refractivity contribution in [1.82, 2.24) is 10.3 Å². The summed E-state index contributed by atoms with van der Waals surface area (Å²) >= 11 is 1.53. The molecule has 8 nitrogen and oxygen atoms in total. The van der Waals surface area contributed by atoms with Gasteiger partial charge in [0.25, 0.3) is 11.8 Å². The second kappa shape index (κ2) is 10.8. The van der Waals surface area contributed by atoms with Crippen molar-refractivity contribution >= 4 is 40.8 Å². The SMILES string of the molecule is CCOc1cc(C(=O)N[C@H]2CC[C@H](O)CC2)ccc1Nc1cc2c(cn1)N(C)C(=O)c1ccccc1S2. The number of carbonyl (C=O) groups is 2. The average molecular weight is 519 g/mol. The highest BCUT2D eigenvalue weighted by molar-refractivity contribution is 7.99. The Morgan fingerprint density at radius 2 is 1.92 bits per heavy atom. The molecule has 2 aromatic carbocycles. The molecule has 1 saturated carbocycles. The van der Waals surface area contributed by atoms with Crippen LogP contribution in [0.2, 0.25) is 0 Å². The molecule has 0 radical (unpaired) electrons. The Labute approximate surface area is 220 Å². The first-order valence-electron chi connectivity index (χ1n) is 12.5. The van der Waals surface area contributed by atoms with Crippen molar-refractivity contribution in [1.29, 1.82) is 0 Å². The van der Waals surface area contributed by atoms with E-state index < -0.39 is 0 Å². The molecule has 1 aliphatic carbocycles. The maximum atomic E-state index is 12.9. The maximum absolute atomic E-state index is 12.9. The summed E-state index contributed by atoms with van der Waals surface area (Å²) in [7, 11) is 1.75. The first kappa shape index (κ1) is 25.1. The Morgan fingerprint density at radius 1 is 1.14 bits per heavy atom. The van der Waals surface area contributed by atoms with E-state index in [1.165, 1.54) is 11.8 Å². The van der Waals surface area contributed by atoms with Gasteiger partial charge in [-0.15, -0.1) is 0 Å². The van der Waals surface area contributed by atoms with Gasteiger partial charge in [-0.2, -0.15) is 0 Å². The number of aliphatic hydroxyl groups is 1. The molecule has 3 N–H and O–H groups in total. The third-order valence-corrected chi connectivity index (χ3v) is 7.81. The van der Waals surface area contributed by atoms with Crippen LogP contribution >= 0.6 is 11.8 Å². The number of ether oxygens (including phenoxy) is 1. The molecule has 0 bridgehead atoms. The molecule has 2 aliphatic rings. The van der Waals surface area contributed by atoms with Gasteiger partial charge >= 0.3 is 0 Å². The van der Waals surface area contributed by atoms with Crippen molar-refractivity contribution in [2.75, 3.05) is 23.9 Å². The molecule has 2 amide bonds. The maximum Gasteiger partial charge on any atom is 0.259 e. The van der Waals surface area contributed by atoms with Crippen LogP contribution in [0, 0.1) is 0 Å². The first-order chi connectivity index (χ1) is 17.9. The van der Waals surface area contributed by atoms with Crippen molar-refractivity contribution in [3.63, 3.8) is 0 Å². The topological polar surface area (TPSA) is 104 Å². The summed E-state index contributed by atoms with van der Waals surface area (Å²) in [6.07, 6.45) is 4.39.